The van der Waals surface area contributed by atoms with Crippen molar-refractivity contribution >= 4 is 21.4 Å². The van der Waals surface area contributed by atoms with Crippen LogP contribution in [-0.4, -0.2) is 0 Å². The van der Waals surface area contributed by atoms with Gasteiger partial charge in [0.15, 0.2) is 0 Å². The van der Waals surface area contributed by atoms with Gasteiger partial charge in [-0.15, -0.1) is 11.3 Å². The fourth-order valence-electron chi connectivity index (χ4n) is 2.33. The van der Waals surface area contributed by atoms with E-state index in [1.807, 2.05) is 11.3 Å². The van der Waals surface area contributed by atoms with Gasteiger partial charge in [-0.2, -0.15) is 0 Å². The van der Waals surface area contributed by atoms with Crippen molar-refractivity contribution in [3.05, 3.63) is 34.2 Å². The standard InChI is InChI=1S/C15H21NS/c1-9(2)11-5-6-13-12(7-11)15(10(3)4)14(8-16)17-13/h5-7,9-10H,8,16H2,1-4H3. The van der Waals surface area contributed by atoms with E-state index < -0.39 is 0 Å². The van der Waals surface area contributed by atoms with E-state index >= 15 is 0 Å². The predicted octanol–water partition coefficient (Wildman–Crippen LogP) is 4.61. The summed E-state index contributed by atoms with van der Waals surface area (Å²) in [5.41, 5.74) is 8.73. The average Bonchev–Trinajstić information content (AvgIpc) is 2.65. The molecule has 0 radical (unpaired) electrons. The van der Waals surface area contributed by atoms with E-state index in [2.05, 4.69) is 45.9 Å². The van der Waals surface area contributed by atoms with E-state index in [4.69, 9.17) is 5.73 Å². The van der Waals surface area contributed by atoms with Gasteiger partial charge in [0.25, 0.3) is 0 Å². The summed E-state index contributed by atoms with van der Waals surface area (Å²) in [7, 11) is 0. The molecule has 0 spiro atoms. The number of hydrogen-bond donors (Lipinski definition) is 1. The summed E-state index contributed by atoms with van der Waals surface area (Å²) in [5, 5.41) is 1.41. The van der Waals surface area contributed by atoms with Gasteiger partial charge in [-0.05, 0) is 40.5 Å². The van der Waals surface area contributed by atoms with Crippen molar-refractivity contribution in [2.75, 3.05) is 0 Å². The highest BCUT2D eigenvalue weighted by atomic mass is 32.1. The van der Waals surface area contributed by atoms with Crippen molar-refractivity contribution in [2.45, 2.75) is 46.1 Å². The van der Waals surface area contributed by atoms with Gasteiger partial charge < -0.3 is 5.73 Å². The Morgan fingerprint density at radius 2 is 1.82 bits per heavy atom. The molecule has 0 bridgehead atoms. The highest BCUT2D eigenvalue weighted by Gasteiger charge is 2.14. The van der Waals surface area contributed by atoms with E-state index in [1.165, 1.54) is 26.1 Å². The molecule has 0 aliphatic carbocycles. The molecule has 1 nitrogen and oxygen atoms in total. The normalized spacial score (nSPS) is 11.9. The summed E-state index contributed by atoms with van der Waals surface area (Å²) in [5.74, 6) is 1.13. The first-order valence-electron chi connectivity index (χ1n) is 6.29. The second kappa shape index (κ2) is 4.79. The number of hydrogen-bond acceptors (Lipinski definition) is 2. The molecule has 2 rings (SSSR count). The Balaban J connectivity index is 2.69. The second-order valence-electron chi connectivity index (χ2n) is 5.21. The Morgan fingerprint density at radius 1 is 1.12 bits per heavy atom. The molecule has 1 heterocycles. The summed E-state index contributed by atoms with van der Waals surface area (Å²) in [6.45, 7) is 9.65. The summed E-state index contributed by atoms with van der Waals surface area (Å²) in [6, 6.07) is 6.85. The maximum absolute atomic E-state index is 5.86. The van der Waals surface area contributed by atoms with Gasteiger partial charge in [-0.3, -0.25) is 0 Å². The minimum atomic E-state index is 0.546. The molecule has 0 saturated carbocycles. The lowest BCUT2D eigenvalue weighted by Crippen LogP contribution is -1.99. The van der Waals surface area contributed by atoms with E-state index in [0.717, 1.165) is 0 Å². The highest BCUT2D eigenvalue weighted by Crippen LogP contribution is 2.37. The van der Waals surface area contributed by atoms with Crippen molar-refractivity contribution < 1.29 is 0 Å². The predicted molar refractivity (Wildman–Crippen MR) is 77.9 cm³/mol. The molecule has 92 valence electrons. The van der Waals surface area contributed by atoms with Crippen LogP contribution >= 0.6 is 11.3 Å². The monoisotopic (exact) mass is 247 g/mol. The molecule has 0 atom stereocenters. The zero-order valence-corrected chi connectivity index (χ0v) is 11.9. The topological polar surface area (TPSA) is 26.0 Å². The molecule has 1 aromatic carbocycles. The van der Waals surface area contributed by atoms with Crippen LogP contribution < -0.4 is 5.73 Å². The van der Waals surface area contributed by atoms with Crippen LogP contribution in [0.2, 0.25) is 0 Å². The third-order valence-electron chi connectivity index (χ3n) is 3.26. The Hall–Kier alpha value is -0.860. The molecule has 0 aliphatic rings. The summed E-state index contributed by atoms with van der Waals surface area (Å²) >= 11 is 1.85. The summed E-state index contributed by atoms with van der Waals surface area (Å²) in [6.07, 6.45) is 0. The molecule has 0 saturated heterocycles. The molecular weight excluding hydrogens is 226 g/mol. The van der Waals surface area contributed by atoms with E-state index in [1.54, 1.807) is 0 Å². The second-order valence-corrected chi connectivity index (χ2v) is 6.34. The molecule has 2 heteroatoms. The van der Waals surface area contributed by atoms with Crippen LogP contribution in [0.4, 0.5) is 0 Å². The van der Waals surface area contributed by atoms with Crippen molar-refractivity contribution in [3.63, 3.8) is 0 Å². The lowest BCUT2D eigenvalue weighted by molar-refractivity contribution is 0.854. The largest absolute Gasteiger partial charge is 0.326 e. The van der Waals surface area contributed by atoms with Crippen molar-refractivity contribution in [2.24, 2.45) is 5.73 Å². The van der Waals surface area contributed by atoms with E-state index in [-0.39, 0.29) is 0 Å². The van der Waals surface area contributed by atoms with Gasteiger partial charge in [-0.25, -0.2) is 0 Å². The maximum Gasteiger partial charge on any atom is 0.0349 e. The van der Waals surface area contributed by atoms with Crippen LogP contribution in [0.15, 0.2) is 18.2 Å². The van der Waals surface area contributed by atoms with Gasteiger partial charge in [0.05, 0.1) is 0 Å². The first-order valence-corrected chi connectivity index (χ1v) is 7.11. The third kappa shape index (κ3) is 2.24. The summed E-state index contributed by atoms with van der Waals surface area (Å²) in [4.78, 5) is 1.34. The molecule has 0 aliphatic heterocycles. The molecule has 0 fully saturated rings. The minimum absolute atomic E-state index is 0.546. The van der Waals surface area contributed by atoms with Crippen LogP contribution in [0.25, 0.3) is 10.1 Å². The number of benzene rings is 1. The Bertz CT molecular complexity index is 523. The lowest BCUT2D eigenvalue weighted by Gasteiger charge is -2.09. The smallest absolute Gasteiger partial charge is 0.0349 e. The Labute approximate surface area is 108 Å². The van der Waals surface area contributed by atoms with E-state index in [0.29, 0.717) is 18.4 Å². The van der Waals surface area contributed by atoms with Crippen LogP contribution in [-0.2, 0) is 6.54 Å². The highest BCUT2D eigenvalue weighted by molar-refractivity contribution is 7.19. The van der Waals surface area contributed by atoms with Crippen LogP contribution in [0, 0.1) is 0 Å². The van der Waals surface area contributed by atoms with Crippen LogP contribution in [0.5, 0.6) is 0 Å². The van der Waals surface area contributed by atoms with Crippen molar-refractivity contribution in [3.8, 4) is 0 Å². The number of fused-ring (bicyclic) bond motifs is 1. The number of thiophene rings is 1. The third-order valence-corrected chi connectivity index (χ3v) is 4.47. The zero-order chi connectivity index (χ0) is 12.6. The van der Waals surface area contributed by atoms with Crippen LogP contribution in [0.3, 0.4) is 0 Å². The maximum atomic E-state index is 5.86. The summed E-state index contributed by atoms with van der Waals surface area (Å²) < 4.78 is 1.37. The van der Waals surface area contributed by atoms with Gasteiger partial charge in [0, 0.05) is 16.1 Å². The number of nitrogens with two attached hydrogens (primary N) is 1. The molecule has 0 unspecified atom stereocenters. The fraction of sp³-hybridized carbons (Fsp3) is 0.467. The zero-order valence-electron chi connectivity index (χ0n) is 11.1. The van der Waals surface area contributed by atoms with Crippen LogP contribution in [0.1, 0.15) is 55.5 Å². The molecule has 0 amide bonds. The Morgan fingerprint density at radius 3 is 2.35 bits per heavy atom. The molecule has 17 heavy (non-hydrogen) atoms. The van der Waals surface area contributed by atoms with Gasteiger partial charge in [0.1, 0.15) is 0 Å². The SMILES string of the molecule is CC(C)c1ccc2sc(CN)c(C(C)C)c2c1. The van der Waals surface area contributed by atoms with E-state index in [9.17, 15) is 0 Å². The number of rotatable bonds is 3. The lowest BCUT2D eigenvalue weighted by atomic mass is 9.95. The molecular formula is C15H21NS. The first-order chi connectivity index (χ1) is 8.04. The fourth-order valence-corrected chi connectivity index (χ4v) is 3.55. The van der Waals surface area contributed by atoms with Gasteiger partial charge in [0.2, 0.25) is 0 Å². The van der Waals surface area contributed by atoms with Crippen molar-refractivity contribution in [1.82, 2.24) is 0 Å². The first kappa shape index (κ1) is 12.6. The molecule has 2 N–H and O–H groups in total. The molecule has 1 aromatic heterocycles. The molecule has 2 aromatic rings. The average molecular weight is 247 g/mol. The Kier molecular flexibility index (Phi) is 3.55. The van der Waals surface area contributed by atoms with Crippen molar-refractivity contribution in [1.29, 1.82) is 0 Å². The minimum Gasteiger partial charge on any atom is -0.326 e. The quantitative estimate of drug-likeness (QED) is 0.842. The van der Waals surface area contributed by atoms with Gasteiger partial charge in [-0.1, -0.05) is 33.8 Å². The van der Waals surface area contributed by atoms with Gasteiger partial charge >= 0.3 is 0 Å².